The van der Waals surface area contributed by atoms with Gasteiger partial charge in [-0.15, -0.1) is 0 Å². The lowest BCUT2D eigenvalue weighted by molar-refractivity contribution is -0.296. The molecule has 4 fully saturated rings. The zero-order valence-corrected chi connectivity index (χ0v) is 76.9. The molecule has 7 heterocycles. The summed E-state index contributed by atoms with van der Waals surface area (Å²) in [4.78, 5) is 41.9. The fourth-order valence-electron chi connectivity index (χ4n) is 18.4. The molecule has 4 saturated heterocycles. The van der Waals surface area contributed by atoms with Gasteiger partial charge in [0, 0.05) is 131 Å². The molecular formula is C93H156O31. The van der Waals surface area contributed by atoms with Crippen molar-refractivity contribution in [1.82, 2.24) is 0 Å². The van der Waals surface area contributed by atoms with Crippen LogP contribution < -0.4 is 0 Å². The lowest BCUT2D eigenvalue weighted by atomic mass is 9.83. The molecule has 0 aromatic carbocycles. The van der Waals surface area contributed by atoms with Crippen molar-refractivity contribution in [3.63, 3.8) is 0 Å². The molecular weight excluding hydrogens is 1610 g/mol. The lowest BCUT2D eigenvalue weighted by Gasteiger charge is -2.42. The Bertz CT molecular complexity index is 3250. The highest BCUT2D eigenvalue weighted by Crippen LogP contribution is 2.38. The van der Waals surface area contributed by atoms with Crippen LogP contribution in [0.25, 0.3) is 0 Å². The minimum atomic E-state index is -1.89. The van der Waals surface area contributed by atoms with E-state index in [0.29, 0.717) is 68.9 Å². The smallest absolute Gasteiger partial charge is 0.337 e. The first-order valence-corrected chi connectivity index (χ1v) is 45.2. The third-order valence-corrected chi connectivity index (χ3v) is 26.5. The van der Waals surface area contributed by atoms with Gasteiger partial charge < -0.3 is 136 Å². The summed E-state index contributed by atoms with van der Waals surface area (Å²) in [6.07, 6.45) is 0.924. The van der Waals surface area contributed by atoms with Gasteiger partial charge in [0.05, 0.1) is 142 Å². The lowest BCUT2D eigenvalue weighted by Crippen LogP contribution is -2.58. The largest absolute Gasteiger partial charge is 0.459 e. The quantitative estimate of drug-likeness (QED) is 0.0213. The van der Waals surface area contributed by atoms with Gasteiger partial charge in [-0.3, -0.25) is 0 Å². The maximum atomic E-state index is 14.4. The van der Waals surface area contributed by atoms with E-state index >= 15 is 0 Å². The van der Waals surface area contributed by atoms with Gasteiger partial charge in [-0.05, 0) is 129 Å². The van der Waals surface area contributed by atoms with E-state index in [1.54, 1.807) is 54.3 Å². The molecule has 0 radical (unpaired) electrons. The third-order valence-electron chi connectivity index (χ3n) is 26.5. The Kier molecular flexibility index (Phi) is 47.1. The summed E-state index contributed by atoms with van der Waals surface area (Å²) in [6.45, 7) is 17.8. The van der Waals surface area contributed by atoms with Crippen molar-refractivity contribution in [3.05, 3.63) is 71.9 Å². The van der Waals surface area contributed by atoms with Gasteiger partial charge in [-0.25, -0.2) is 14.4 Å². The highest BCUT2D eigenvalue weighted by Gasteiger charge is 2.48. The average molecular weight is 1770 g/mol. The van der Waals surface area contributed by atoms with Crippen LogP contribution in [-0.4, -0.2) is 330 Å². The van der Waals surface area contributed by atoms with Gasteiger partial charge >= 0.3 is 17.9 Å². The van der Waals surface area contributed by atoms with Gasteiger partial charge in [0.2, 0.25) is 0 Å². The molecule has 4 bridgehead atoms. The number of methoxy groups -OCH3 is 8. The maximum absolute atomic E-state index is 14.4. The zero-order chi connectivity index (χ0) is 91.0. The Balaban J connectivity index is 1.21. The van der Waals surface area contributed by atoms with Crippen molar-refractivity contribution in [2.24, 2.45) is 35.5 Å². The summed E-state index contributed by atoms with van der Waals surface area (Å²) < 4.78 is 117. The molecule has 124 heavy (non-hydrogen) atoms. The molecule has 714 valence electrons. The number of hydrogen-bond acceptors (Lipinski definition) is 31. The Hall–Kier alpha value is -4.15. The van der Waals surface area contributed by atoms with Gasteiger partial charge in [-0.1, -0.05) is 101 Å². The first-order chi connectivity index (χ1) is 59.1. The summed E-state index contributed by atoms with van der Waals surface area (Å²) in [7, 11) is 12.3. The van der Waals surface area contributed by atoms with Crippen LogP contribution in [-0.2, 0) is 104 Å². The summed E-state index contributed by atoms with van der Waals surface area (Å²) in [6, 6.07) is 0. The zero-order valence-electron chi connectivity index (χ0n) is 76.9. The first kappa shape index (κ1) is 107. The van der Waals surface area contributed by atoms with Crippen LogP contribution in [0.2, 0.25) is 0 Å². The van der Waals surface area contributed by atoms with E-state index in [2.05, 4.69) is 0 Å². The van der Waals surface area contributed by atoms with Crippen LogP contribution in [0.15, 0.2) is 71.9 Å². The van der Waals surface area contributed by atoms with Crippen molar-refractivity contribution in [2.75, 3.05) is 76.7 Å². The van der Waals surface area contributed by atoms with Crippen LogP contribution in [0.5, 0.6) is 0 Å². The normalized spacial score (nSPS) is 40.2. The second kappa shape index (κ2) is 54.6. The highest BCUT2D eigenvalue weighted by molar-refractivity contribution is 5.83. The molecule has 7 aliphatic heterocycles. The monoisotopic (exact) mass is 1770 g/mol. The van der Waals surface area contributed by atoms with Gasteiger partial charge in [0.1, 0.15) is 42.7 Å². The molecule has 31 nitrogen and oxygen atoms in total. The molecule has 0 spiro atoms. The molecule has 0 aromatic heterocycles. The maximum Gasteiger partial charge on any atom is 0.337 e. The van der Waals surface area contributed by atoms with Crippen molar-refractivity contribution >= 4 is 17.9 Å². The predicted octanol–water partition coefficient (Wildman–Crippen LogP) is 8.06. The Morgan fingerprint density at radius 2 is 0.871 bits per heavy atom. The number of rotatable bonds is 27. The Labute approximate surface area is 736 Å². The summed E-state index contributed by atoms with van der Waals surface area (Å²) in [5, 5.41) is 105. The summed E-state index contributed by atoms with van der Waals surface area (Å²) >= 11 is 0. The van der Waals surface area contributed by atoms with Crippen molar-refractivity contribution in [3.8, 4) is 0 Å². The molecule has 37 atom stereocenters. The summed E-state index contributed by atoms with van der Waals surface area (Å²) in [5.74, 6) is -5.84. The van der Waals surface area contributed by atoms with E-state index in [1.165, 1.54) is 47.7 Å². The van der Waals surface area contributed by atoms with Gasteiger partial charge in [0.15, 0.2) is 24.8 Å². The topological polar surface area (TPSA) is 409 Å². The molecule has 0 aliphatic carbocycles. The van der Waals surface area contributed by atoms with Crippen LogP contribution >= 0.6 is 0 Å². The van der Waals surface area contributed by atoms with E-state index < -0.39 is 201 Å². The van der Waals surface area contributed by atoms with Gasteiger partial charge in [-0.2, -0.15) is 0 Å². The number of ether oxygens (including phenoxy) is 19. The number of carbonyl (C=O) groups is 3. The SMILES string of the molecule is CO[C@H]1C[C@H](CC[C@H](C)[C@H](O)[C@H](C)[C@@H]2C[C@H](O)C[C@H](O)[C@H](C)[C@@H](OC)C[C@@H]3CC=C[C@@H](C[C@@H](O[C@H]4OC[C@H](OC)[C@@H](OC)[C@@H]4O)C/C=C(C)\C=C/C(=O)O[C@H]([C@@H](C)[C@@H](O)[C@@H](C)CC[C@H]4C[C@H](OC)C[C@H](C)O4)C[C@H](O)C[C@H](O)[C@H](C)[C@@H](OC)C[C@@H]4CC=C[C@@H](C[C@@H](O[C@H]5OC[C@H](OC)[C@@H](OC)[C@@H]5OC(=O)[C@H](O)CO)C/C=C(C)\C=C/C(=O)O2)O4)O3)O[C@@H](C)C1. The van der Waals surface area contributed by atoms with Crippen molar-refractivity contribution in [2.45, 2.75) is 387 Å². The third kappa shape index (κ3) is 33.9. The second-order valence-electron chi connectivity index (χ2n) is 36.1. The van der Waals surface area contributed by atoms with Crippen LogP contribution in [0.1, 0.15) is 198 Å². The number of aliphatic hydroxyl groups excluding tert-OH is 9. The molecule has 0 unspecified atom stereocenters. The van der Waals surface area contributed by atoms with Crippen molar-refractivity contribution < 1.29 is 150 Å². The minimum Gasteiger partial charge on any atom is -0.459 e. The fourth-order valence-corrected chi connectivity index (χ4v) is 18.4. The molecule has 7 aliphatic rings. The van der Waals surface area contributed by atoms with E-state index in [1.807, 2.05) is 84.9 Å². The van der Waals surface area contributed by atoms with E-state index in [4.69, 9.17) is 90.0 Å². The number of carbonyl (C=O) groups excluding carboxylic acids is 3. The molecule has 9 N–H and O–H groups in total. The first-order valence-electron chi connectivity index (χ1n) is 45.2. The second-order valence-corrected chi connectivity index (χ2v) is 36.1. The number of allylic oxidation sites excluding steroid dienone is 4. The molecule has 0 saturated carbocycles. The fraction of sp³-hybridized carbons (Fsp3) is 0.839. The van der Waals surface area contributed by atoms with E-state index in [9.17, 15) is 60.3 Å². The van der Waals surface area contributed by atoms with Crippen LogP contribution in [0.3, 0.4) is 0 Å². The summed E-state index contributed by atoms with van der Waals surface area (Å²) in [5.41, 5.74) is 1.23. The number of cyclic esters (lactones) is 2. The van der Waals surface area contributed by atoms with Crippen LogP contribution in [0.4, 0.5) is 0 Å². The standard InChI is InChI=1S/C93H156O31/c1-52-25-31-70(120-92-87(104)88(112-17)81(110-15)50-114-92)43-64-21-19-23-66(118-64)47-77(108-13)58(7)74(97)39-62(95)42-80(61(10)86(103)55(4)30-34-69-46-73(107-12)38-57(6)117-69)123-84(101)36-28-53(2)26-32-71(121-93-90(124-91(105)76(99)49-94)89(113-18)82(111-16)51-115-93)44-65-22-20-24-67(119-65)48-78(109-14)59(8)75(98)40-63(96)41-79(122-83(100)35-27-52)60(9)85(102)54(3)29-33-68-45-72(106-11)37-56(5)116-68/h19-22,25-28,35-36,54-82,85-90,92-99,102-104H,23-24,29-34,37-51H2,1-18H3/b35-27-,36-28-,52-25-,53-26-/t54-,55-,56-,57-,58-,59-,60+,61+,62+,63+,64-,65-,66-,67-,68-,69-,70-,71-,72+,73+,74-,75-,76+,77-,78-,79-,80-,81-,82-,85-,86-,87-,88+,89+,90-,92+,93+/m0/s1. The van der Waals surface area contributed by atoms with Crippen molar-refractivity contribution in [1.29, 1.82) is 0 Å². The Morgan fingerprint density at radius 1 is 0.460 bits per heavy atom. The van der Waals surface area contributed by atoms with Crippen LogP contribution in [0, 0.1) is 35.5 Å². The average Bonchev–Trinajstić information content (AvgIpc) is 0.807. The number of esters is 3. The molecule has 7 rings (SSSR count). The van der Waals surface area contributed by atoms with Gasteiger partial charge in [0.25, 0.3) is 0 Å². The molecule has 0 aromatic rings. The number of fused-ring (bicyclic) bond motifs is 4. The minimum absolute atomic E-state index is 0.000978. The molecule has 31 heteroatoms. The Morgan fingerprint density at radius 3 is 1.27 bits per heavy atom. The predicted molar refractivity (Wildman–Crippen MR) is 458 cm³/mol. The number of aliphatic hydroxyl groups is 9. The molecule has 0 amide bonds. The van der Waals surface area contributed by atoms with E-state index in [-0.39, 0.29) is 113 Å². The van der Waals surface area contributed by atoms with E-state index in [0.717, 1.165) is 19.3 Å². The highest BCUT2D eigenvalue weighted by atomic mass is 16.7. The number of hydrogen-bond donors (Lipinski definition) is 9.